The third-order valence-electron chi connectivity index (χ3n) is 3.50. The van der Waals surface area contributed by atoms with Gasteiger partial charge in [-0.05, 0) is 43.9 Å². The molecule has 5 heteroatoms. The van der Waals surface area contributed by atoms with Gasteiger partial charge in [-0.2, -0.15) is 0 Å². The molecule has 0 amide bonds. The number of nitrogen functional groups attached to an aromatic ring is 1. The van der Waals surface area contributed by atoms with Gasteiger partial charge in [-0.3, -0.25) is 0 Å². The van der Waals surface area contributed by atoms with Crippen molar-refractivity contribution < 1.29 is 4.74 Å². The van der Waals surface area contributed by atoms with Gasteiger partial charge in [-0.1, -0.05) is 18.0 Å². The first kappa shape index (κ1) is 13.2. The number of nitrogens with two attached hydrogens (primary N) is 1. The average Bonchev–Trinajstić information content (AvgIpc) is 2.68. The Morgan fingerprint density at radius 3 is 2.80 bits per heavy atom. The first-order valence-electron chi connectivity index (χ1n) is 6.79. The number of aryl methyl sites for hydroxylation is 1. The van der Waals surface area contributed by atoms with Gasteiger partial charge in [0.05, 0.1) is 10.7 Å². The van der Waals surface area contributed by atoms with E-state index in [0.29, 0.717) is 22.3 Å². The lowest BCUT2D eigenvalue weighted by Gasteiger charge is -2.12. The fourth-order valence-corrected chi connectivity index (χ4v) is 2.69. The summed E-state index contributed by atoms with van der Waals surface area (Å²) in [4.78, 5) is 8.64. The maximum absolute atomic E-state index is 6.15. The van der Waals surface area contributed by atoms with Gasteiger partial charge >= 0.3 is 0 Å². The van der Waals surface area contributed by atoms with Gasteiger partial charge in [0.15, 0.2) is 0 Å². The molecule has 1 aromatic carbocycles. The van der Waals surface area contributed by atoms with Gasteiger partial charge in [0, 0.05) is 11.3 Å². The van der Waals surface area contributed by atoms with E-state index >= 15 is 0 Å². The molecule has 1 heterocycles. The van der Waals surface area contributed by atoms with E-state index in [-0.39, 0.29) is 0 Å². The van der Waals surface area contributed by atoms with Crippen molar-refractivity contribution in [3.8, 4) is 11.6 Å². The summed E-state index contributed by atoms with van der Waals surface area (Å²) >= 11 is 6.15. The molecule has 0 spiro atoms. The minimum Gasteiger partial charge on any atom is -0.437 e. The number of ether oxygens (including phenoxy) is 1. The van der Waals surface area contributed by atoms with Crippen LogP contribution in [0.5, 0.6) is 11.6 Å². The highest BCUT2D eigenvalue weighted by Crippen LogP contribution is 2.33. The molecule has 0 saturated carbocycles. The first-order chi connectivity index (χ1) is 9.74. The predicted molar refractivity (Wildman–Crippen MR) is 79.2 cm³/mol. The van der Waals surface area contributed by atoms with E-state index < -0.39 is 0 Å². The van der Waals surface area contributed by atoms with Crippen molar-refractivity contribution in [2.45, 2.75) is 32.1 Å². The lowest BCUT2D eigenvalue weighted by molar-refractivity contribution is 0.453. The fraction of sp³-hybridized carbons (Fsp3) is 0.333. The van der Waals surface area contributed by atoms with Crippen molar-refractivity contribution in [2.24, 2.45) is 0 Å². The van der Waals surface area contributed by atoms with Crippen LogP contribution in [0.15, 0.2) is 24.5 Å². The third-order valence-corrected chi connectivity index (χ3v) is 3.79. The summed E-state index contributed by atoms with van der Waals surface area (Å²) in [6.45, 7) is 0. The summed E-state index contributed by atoms with van der Waals surface area (Å²) in [5.41, 5.74) is 8.51. The maximum atomic E-state index is 6.15. The standard InChI is InChI=1S/C15H16ClN3O/c16-12-8-10(17)6-7-14(12)20-15-11-4-2-1-3-5-13(11)18-9-19-15/h6-9H,1-5,17H2. The van der Waals surface area contributed by atoms with E-state index in [1.54, 1.807) is 24.5 Å². The topological polar surface area (TPSA) is 61.0 Å². The second kappa shape index (κ2) is 5.67. The Labute approximate surface area is 123 Å². The molecule has 0 saturated heterocycles. The fourth-order valence-electron chi connectivity index (χ4n) is 2.46. The summed E-state index contributed by atoms with van der Waals surface area (Å²) in [6.07, 6.45) is 7.04. The van der Waals surface area contributed by atoms with Gasteiger partial charge < -0.3 is 10.5 Å². The molecule has 0 bridgehead atoms. The Kier molecular flexibility index (Phi) is 3.74. The lowest BCUT2D eigenvalue weighted by atomic mass is 10.1. The van der Waals surface area contributed by atoms with Gasteiger partial charge in [-0.25, -0.2) is 9.97 Å². The molecule has 0 atom stereocenters. The highest BCUT2D eigenvalue weighted by atomic mass is 35.5. The molecule has 20 heavy (non-hydrogen) atoms. The number of hydrogen-bond acceptors (Lipinski definition) is 4. The third kappa shape index (κ3) is 2.70. The summed E-state index contributed by atoms with van der Waals surface area (Å²) in [5.74, 6) is 1.19. The Bertz CT molecular complexity index is 631. The number of nitrogens with zero attached hydrogens (tertiary/aromatic N) is 2. The molecular weight excluding hydrogens is 274 g/mol. The van der Waals surface area contributed by atoms with Gasteiger partial charge in [-0.15, -0.1) is 0 Å². The van der Waals surface area contributed by atoms with Crippen LogP contribution in [0, 0.1) is 0 Å². The number of aromatic nitrogens is 2. The van der Waals surface area contributed by atoms with Crippen molar-refractivity contribution in [1.29, 1.82) is 0 Å². The Balaban J connectivity index is 1.94. The Morgan fingerprint density at radius 2 is 1.95 bits per heavy atom. The smallest absolute Gasteiger partial charge is 0.225 e. The number of benzene rings is 1. The van der Waals surface area contributed by atoms with E-state index in [4.69, 9.17) is 22.1 Å². The molecule has 1 aromatic heterocycles. The van der Waals surface area contributed by atoms with Crippen molar-refractivity contribution in [3.63, 3.8) is 0 Å². The quantitative estimate of drug-likeness (QED) is 0.675. The number of fused-ring (bicyclic) bond motifs is 1. The van der Waals surface area contributed by atoms with Gasteiger partial charge in [0.25, 0.3) is 0 Å². The van der Waals surface area contributed by atoms with Crippen LogP contribution in [0.2, 0.25) is 5.02 Å². The minimum absolute atomic E-state index is 0.492. The summed E-state index contributed by atoms with van der Waals surface area (Å²) in [7, 11) is 0. The second-order valence-corrected chi connectivity index (χ2v) is 5.36. The van der Waals surface area contributed by atoms with Crippen molar-refractivity contribution in [3.05, 3.63) is 40.8 Å². The molecule has 2 aromatic rings. The summed E-state index contributed by atoms with van der Waals surface area (Å²) in [5, 5.41) is 0.492. The van der Waals surface area contributed by atoms with E-state index in [1.165, 1.54) is 12.8 Å². The van der Waals surface area contributed by atoms with E-state index in [0.717, 1.165) is 30.5 Å². The molecule has 3 rings (SSSR count). The zero-order chi connectivity index (χ0) is 13.9. The molecule has 0 radical (unpaired) electrons. The van der Waals surface area contributed by atoms with Crippen LogP contribution < -0.4 is 10.5 Å². The zero-order valence-corrected chi connectivity index (χ0v) is 11.9. The Hall–Kier alpha value is -1.81. The lowest BCUT2D eigenvalue weighted by Crippen LogP contribution is -2.01. The minimum atomic E-state index is 0.492. The van der Waals surface area contributed by atoms with E-state index in [2.05, 4.69) is 9.97 Å². The second-order valence-electron chi connectivity index (χ2n) is 4.96. The molecular formula is C15H16ClN3O. The highest BCUT2D eigenvalue weighted by molar-refractivity contribution is 6.32. The maximum Gasteiger partial charge on any atom is 0.225 e. The summed E-state index contributed by atoms with van der Waals surface area (Å²) < 4.78 is 5.88. The normalized spacial score (nSPS) is 14.4. The van der Waals surface area contributed by atoms with Gasteiger partial charge in [0.1, 0.15) is 12.1 Å². The molecule has 1 aliphatic rings. The number of halogens is 1. The number of hydrogen-bond donors (Lipinski definition) is 1. The molecule has 104 valence electrons. The van der Waals surface area contributed by atoms with E-state index in [9.17, 15) is 0 Å². The molecule has 1 aliphatic carbocycles. The van der Waals surface area contributed by atoms with Crippen molar-refractivity contribution >= 4 is 17.3 Å². The number of anilines is 1. The Morgan fingerprint density at radius 1 is 1.10 bits per heavy atom. The van der Waals surface area contributed by atoms with Gasteiger partial charge in [0.2, 0.25) is 5.88 Å². The van der Waals surface area contributed by atoms with Crippen LogP contribution >= 0.6 is 11.6 Å². The van der Waals surface area contributed by atoms with Crippen LogP contribution in [0.3, 0.4) is 0 Å². The molecule has 2 N–H and O–H groups in total. The van der Waals surface area contributed by atoms with E-state index in [1.807, 2.05) is 0 Å². The first-order valence-corrected chi connectivity index (χ1v) is 7.17. The largest absolute Gasteiger partial charge is 0.437 e. The SMILES string of the molecule is Nc1ccc(Oc2ncnc3c2CCCCC3)c(Cl)c1. The highest BCUT2D eigenvalue weighted by Gasteiger charge is 2.16. The van der Waals surface area contributed by atoms with Crippen LogP contribution in [0.4, 0.5) is 5.69 Å². The molecule has 0 fully saturated rings. The number of rotatable bonds is 2. The monoisotopic (exact) mass is 289 g/mol. The van der Waals surface area contributed by atoms with Crippen LogP contribution in [-0.4, -0.2) is 9.97 Å². The summed E-state index contributed by atoms with van der Waals surface area (Å²) in [6, 6.07) is 5.21. The molecule has 4 nitrogen and oxygen atoms in total. The molecule has 0 aliphatic heterocycles. The zero-order valence-electron chi connectivity index (χ0n) is 11.1. The predicted octanol–water partition coefficient (Wildman–Crippen LogP) is 3.77. The van der Waals surface area contributed by atoms with Crippen LogP contribution in [0.25, 0.3) is 0 Å². The van der Waals surface area contributed by atoms with Crippen molar-refractivity contribution in [2.75, 3.05) is 5.73 Å². The van der Waals surface area contributed by atoms with Crippen LogP contribution in [-0.2, 0) is 12.8 Å². The average molecular weight is 290 g/mol. The van der Waals surface area contributed by atoms with Crippen molar-refractivity contribution in [1.82, 2.24) is 9.97 Å². The van der Waals surface area contributed by atoms with Crippen LogP contribution in [0.1, 0.15) is 30.5 Å². The molecule has 0 unspecified atom stereocenters.